The molecule has 0 aliphatic carbocycles. The van der Waals surface area contributed by atoms with Gasteiger partial charge >= 0.3 is 7.12 Å². The molecule has 4 heteroatoms. The van der Waals surface area contributed by atoms with Gasteiger partial charge in [0, 0.05) is 4.47 Å². The lowest BCUT2D eigenvalue weighted by Gasteiger charge is -2.19. The summed E-state index contributed by atoms with van der Waals surface area (Å²) in [7, 11) is -1.41. The predicted molar refractivity (Wildman–Crippen MR) is 364 cm³/mol. The average molecular weight is 1150 g/mol. The van der Waals surface area contributed by atoms with Gasteiger partial charge < -0.3 is 10.0 Å². The lowest BCUT2D eigenvalue weighted by Crippen LogP contribution is -2.29. The first-order valence-electron chi connectivity index (χ1n) is 35.2. The Morgan fingerprint density at radius 2 is 0.571 bits per heavy atom. The molecule has 0 saturated carbocycles. The molecule has 16 aromatic rings. The molecular formula is C80H54BBrO2. The Morgan fingerprint density at radius 1 is 0.262 bits per heavy atom. The summed E-state index contributed by atoms with van der Waals surface area (Å²) in [5.41, 5.74) is 7.52. The summed E-state index contributed by atoms with van der Waals surface area (Å²) >= 11 is 3.43. The van der Waals surface area contributed by atoms with Crippen LogP contribution in [-0.2, 0) is 0 Å². The van der Waals surface area contributed by atoms with E-state index in [1.807, 2.05) is 152 Å². The molecule has 2 nitrogen and oxygen atoms in total. The fourth-order valence-electron chi connectivity index (χ4n) is 11.3. The molecule has 0 atom stereocenters. The topological polar surface area (TPSA) is 40.5 Å². The van der Waals surface area contributed by atoms with Crippen molar-refractivity contribution in [2.75, 3.05) is 0 Å². The third-order valence-electron chi connectivity index (χ3n) is 15.4. The minimum Gasteiger partial charge on any atom is -0.423 e. The first kappa shape index (κ1) is 37.2. The minimum atomic E-state index is -1.41. The SMILES string of the molecule is OB(O)c1ccc(-c2ccc3ccccc3c2)cc1.[2H]c1c([2H])c([2H])c2c(-c3cccc4ccccc34)c3c([2H])c([2H])c([2H])c([2H])c3c(-c3ccc(-c4ccc5ccccc5c4)cc3)c2c1[2H].[2H]c1c([2H])c([2H])c2c(-c3cccc4ccccc34)c3c([2H])c([2H])c([2H])c([2H])c3c(Br)c2c1[2H]. The lowest BCUT2D eigenvalue weighted by atomic mass is 9.80. The number of benzene rings is 16. The smallest absolute Gasteiger partial charge is 0.423 e. The third-order valence-corrected chi connectivity index (χ3v) is 16.1. The van der Waals surface area contributed by atoms with Gasteiger partial charge in [0.1, 0.15) is 0 Å². The van der Waals surface area contributed by atoms with Crippen LogP contribution in [0.15, 0.2) is 320 Å². The van der Waals surface area contributed by atoms with Gasteiger partial charge in [-0.2, -0.15) is 0 Å². The maximum atomic E-state index is 9.21. The molecule has 0 fully saturated rings. The minimum absolute atomic E-state index is 0.182. The maximum absolute atomic E-state index is 9.21. The molecule has 0 aliphatic rings. The first-order valence-corrected chi connectivity index (χ1v) is 28.0. The summed E-state index contributed by atoms with van der Waals surface area (Å²) < 4.78 is 139. The van der Waals surface area contributed by atoms with Crippen LogP contribution in [0.1, 0.15) is 21.9 Å². The Kier molecular flexibility index (Phi) is 10.1. The van der Waals surface area contributed by atoms with Gasteiger partial charge in [0.2, 0.25) is 0 Å². The molecule has 2 N–H and O–H groups in total. The number of halogens is 1. The Morgan fingerprint density at radius 3 is 0.988 bits per heavy atom. The van der Waals surface area contributed by atoms with E-state index in [0.717, 1.165) is 54.6 Å². The van der Waals surface area contributed by atoms with E-state index in [0.29, 0.717) is 38.8 Å². The van der Waals surface area contributed by atoms with Gasteiger partial charge in [-0.25, -0.2) is 0 Å². The van der Waals surface area contributed by atoms with E-state index in [-0.39, 0.29) is 95.9 Å². The highest BCUT2D eigenvalue weighted by atomic mass is 79.9. The quantitative estimate of drug-likeness (QED) is 0.129. The van der Waals surface area contributed by atoms with Gasteiger partial charge in [0.25, 0.3) is 0 Å². The van der Waals surface area contributed by atoms with Gasteiger partial charge in [-0.3, -0.25) is 0 Å². The zero-order valence-electron chi connectivity index (χ0n) is 60.6. The Bertz CT molecular complexity index is 5940. The van der Waals surface area contributed by atoms with Crippen LogP contribution in [-0.4, -0.2) is 17.2 Å². The van der Waals surface area contributed by atoms with Crippen molar-refractivity contribution in [3.05, 3.63) is 320 Å². The largest absolute Gasteiger partial charge is 0.488 e. The zero-order valence-corrected chi connectivity index (χ0v) is 46.2. The van der Waals surface area contributed by atoms with Crippen LogP contribution in [0.5, 0.6) is 0 Å². The monoisotopic (exact) mass is 1150 g/mol. The molecule has 16 rings (SSSR count). The van der Waals surface area contributed by atoms with Crippen molar-refractivity contribution in [3.8, 4) is 55.6 Å². The van der Waals surface area contributed by atoms with Crippen molar-refractivity contribution < 1.29 is 32.0 Å². The number of hydrogen-bond acceptors (Lipinski definition) is 2. The highest BCUT2D eigenvalue weighted by Crippen LogP contribution is 2.47. The van der Waals surface area contributed by atoms with Crippen LogP contribution in [0.3, 0.4) is 0 Å². The van der Waals surface area contributed by atoms with Crippen molar-refractivity contribution in [1.82, 2.24) is 0 Å². The molecular weight excluding hydrogens is 1080 g/mol. The molecule has 0 unspecified atom stereocenters. The lowest BCUT2D eigenvalue weighted by molar-refractivity contribution is 0.426. The highest BCUT2D eigenvalue weighted by Gasteiger charge is 2.19. The molecule has 16 aromatic carbocycles. The van der Waals surface area contributed by atoms with E-state index in [9.17, 15) is 5.48 Å². The Labute approximate surface area is 519 Å². The Balaban J connectivity index is 0.000000141. The summed E-state index contributed by atoms with van der Waals surface area (Å²) in [5.74, 6) is 0. The number of rotatable bonds is 6. The molecule has 0 aromatic heterocycles. The predicted octanol–water partition coefficient (Wildman–Crippen LogP) is 21.1. The second-order valence-electron chi connectivity index (χ2n) is 20.2. The van der Waals surface area contributed by atoms with Gasteiger partial charge in [0.05, 0.1) is 21.9 Å². The third kappa shape index (κ3) is 9.87. The number of hydrogen-bond donors (Lipinski definition) is 2. The normalized spacial score (nSPS) is 13.9. The second-order valence-corrected chi connectivity index (χ2v) is 21.0. The summed E-state index contributed by atoms with van der Waals surface area (Å²) in [6.07, 6.45) is 0. The van der Waals surface area contributed by atoms with E-state index >= 15 is 0 Å². The highest BCUT2D eigenvalue weighted by molar-refractivity contribution is 9.10. The van der Waals surface area contributed by atoms with Gasteiger partial charge in [0.15, 0.2) is 0 Å². The molecule has 0 bridgehead atoms. The molecule has 0 radical (unpaired) electrons. The van der Waals surface area contributed by atoms with Gasteiger partial charge in [-0.05, 0) is 175 Å². The molecule has 0 amide bonds. The fraction of sp³-hybridized carbons (Fsp3) is 0. The van der Waals surface area contributed by atoms with Crippen LogP contribution in [0.4, 0.5) is 0 Å². The van der Waals surface area contributed by atoms with Crippen LogP contribution < -0.4 is 5.46 Å². The van der Waals surface area contributed by atoms with Gasteiger partial charge in [-0.1, -0.05) is 303 Å². The summed E-state index contributed by atoms with van der Waals surface area (Å²) in [5, 5.41) is 27.8. The molecule has 396 valence electrons. The standard InChI is InChI=1S/C40H26.C24H15Br.C16H13BO2/c1-2-12-31-26-32(25-22-27(31)10-1)28-20-23-30(24-21-28)39-35-15-5-7-17-37(35)40(38-18-8-6-16-36(38)39)34-19-9-13-29-11-3-4-14-33(29)34;25-24-21-13-5-3-11-19(21)23(20-12-4-6-14-22(20)24)18-15-7-9-16-8-1-2-10-17(16)18;18-17(19)16-9-7-13(8-10-16)15-6-5-12-3-1-2-4-14(12)11-15/h1-26H;1-15H;1-11,18-19H/i5D,6D,7D,8D,15D,16D,17D,18D;3D,4D,5D,6D,11D,12D,13D,14D;. The van der Waals surface area contributed by atoms with E-state index in [2.05, 4.69) is 70.5 Å². The van der Waals surface area contributed by atoms with E-state index in [1.54, 1.807) is 12.1 Å². The average Bonchev–Trinajstić information content (AvgIpc) is 0.706. The molecule has 0 saturated heterocycles. The second kappa shape index (κ2) is 22.8. The van der Waals surface area contributed by atoms with Crippen molar-refractivity contribution in [2.24, 2.45) is 0 Å². The number of fused-ring (bicyclic) bond motifs is 8. The van der Waals surface area contributed by atoms with Crippen molar-refractivity contribution in [3.63, 3.8) is 0 Å². The van der Waals surface area contributed by atoms with Crippen molar-refractivity contribution >= 4 is 115 Å². The van der Waals surface area contributed by atoms with Crippen molar-refractivity contribution in [1.29, 1.82) is 0 Å². The summed E-state index contributed by atoms with van der Waals surface area (Å²) in [6.45, 7) is 0. The summed E-state index contributed by atoms with van der Waals surface area (Å²) in [6, 6.07) is 64.8. The van der Waals surface area contributed by atoms with E-state index in [4.69, 9.17) is 26.5 Å². The van der Waals surface area contributed by atoms with Crippen LogP contribution in [0.25, 0.3) is 142 Å². The summed E-state index contributed by atoms with van der Waals surface area (Å²) in [4.78, 5) is 0. The van der Waals surface area contributed by atoms with E-state index < -0.39 is 55.5 Å². The van der Waals surface area contributed by atoms with Crippen LogP contribution >= 0.6 is 15.9 Å². The first-order chi connectivity index (χ1) is 48.1. The molecule has 0 spiro atoms. The Hall–Kier alpha value is -9.94. The van der Waals surface area contributed by atoms with Crippen molar-refractivity contribution in [2.45, 2.75) is 0 Å². The molecule has 0 aliphatic heterocycles. The fourth-order valence-corrected chi connectivity index (χ4v) is 11.9. The van der Waals surface area contributed by atoms with Gasteiger partial charge in [-0.15, -0.1) is 0 Å². The zero-order chi connectivity index (χ0) is 70.4. The molecule has 0 heterocycles. The van der Waals surface area contributed by atoms with Crippen LogP contribution in [0.2, 0.25) is 0 Å². The van der Waals surface area contributed by atoms with Crippen LogP contribution in [0, 0.1) is 0 Å². The maximum Gasteiger partial charge on any atom is 0.488 e. The van der Waals surface area contributed by atoms with E-state index in [1.165, 1.54) is 10.8 Å². The molecule has 84 heavy (non-hydrogen) atoms.